The van der Waals surface area contributed by atoms with Gasteiger partial charge < -0.3 is 0 Å². The van der Waals surface area contributed by atoms with Crippen molar-refractivity contribution in [1.82, 2.24) is 0 Å². The van der Waals surface area contributed by atoms with Gasteiger partial charge in [0.05, 0.1) is 0 Å². The molecule has 8 rings (SSSR count). The van der Waals surface area contributed by atoms with E-state index in [-0.39, 0.29) is 11.1 Å². The molecule has 2 nitrogen and oxygen atoms in total. The molecule has 1 unspecified atom stereocenters. The topological polar surface area (TPSA) is 7.76 Å². The highest BCUT2D eigenvalue weighted by Gasteiger charge is 2.68. The van der Waals surface area contributed by atoms with Gasteiger partial charge in [0.25, 0.3) is 0 Å². The van der Waals surface area contributed by atoms with Gasteiger partial charge in [-0.05, 0) is 79.1 Å². The zero-order valence-corrected chi connectivity index (χ0v) is 23.3. The number of benzene rings is 3. The second-order valence-electron chi connectivity index (χ2n) is 11.9. The van der Waals surface area contributed by atoms with Crippen LogP contribution >= 0.6 is 0 Å². The van der Waals surface area contributed by atoms with Crippen LogP contribution in [0, 0.1) is 37.1 Å². The van der Waals surface area contributed by atoms with Crippen LogP contribution in [0.1, 0.15) is 59.4 Å². The highest BCUT2D eigenvalue weighted by atomic mass is 19.1. The smallest absolute Gasteiger partial charge is 0.207 e. The van der Waals surface area contributed by atoms with Crippen molar-refractivity contribution in [3.05, 3.63) is 130 Å². The largest absolute Gasteiger partial charge is 0.418 e. The lowest BCUT2D eigenvalue weighted by molar-refractivity contribution is -0.955. The average Bonchev–Trinajstić information content (AvgIpc) is 3.65. The molecule has 1 atom stereocenters. The Hall–Kier alpha value is -4.32. The first kappa shape index (κ1) is 25.4. The fourth-order valence-electron chi connectivity index (χ4n) is 7.99. The van der Waals surface area contributed by atoms with E-state index in [1.54, 1.807) is 29.0 Å². The zero-order chi connectivity index (χ0) is 28.9. The van der Waals surface area contributed by atoms with Gasteiger partial charge in [-0.2, -0.15) is 0 Å². The van der Waals surface area contributed by atoms with Gasteiger partial charge in [-0.1, -0.05) is 25.0 Å². The van der Waals surface area contributed by atoms with Crippen molar-refractivity contribution < 1.29 is 26.7 Å². The summed E-state index contributed by atoms with van der Waals surface area (Å²) in [5.74, 6) is -2.37. The number of halogens is 4. The van der Waals surface area contributed by atoms with Gasteiger partial charge in [-0.25, -0.2) is 17.6 Å². The summed E-state index contributed by atoms with van der Waals surface area (Å²) in [6, 6.07) is 18.0. The number of pyridine rings is 2. The standard InChI is InChI=1S/C36H28F4N2/c1-20-13-24(22-7-3-4-8-22)14-21(2)33(20)23-10-11-32-35-28(16-26(38)18-30(35)40)36(42(32)19-23)27-15-25(37)17-29(39)34(27)31-9-5-6-12-41(31)36/h5-6,9-19,22H,3-4,7-8H2,1-2H3/q+2. The average molecular weight is 565 g/mol. The van der Waals surface area contributed by atoms with E-state index in [0.29, 0.717) is 28.4 Å². The van der Waals surface area contributed by atoms with E-state index in [1.165, 1.54) is 43.4 Å². The van der Waals surface area contributed by atoms with Gasteiger partial charge in [0.15, 0.2) is 12.4 Å². The summed E-state index contributed by atoms with van der Waals surface area (Å²) in [6.07, 6.45) is 8.62. The molecule has 208 valence electrons. The van der Waals surface area contributed by atoms with Gasteiger partial charge in [0, 0.05) is 35.9 Å². The molecule has 0 radical (unpaired) electrons. The quantitative estimate of drug-likeness (QED) is 0.148. The SMILES string of the molecule is Cc1cc(C2CCCC2)cc(C)c1-c1ccc2[n+](c1)C1(c3cc(F)cc(F)c3-c3cccc[n+]31)c1cc(F)cc(F)c1-2. The third kappa shape index (κ3) is 3.26. The molecule has 4 heterocycles. The molecule has 1 saturated carbocycles. The first-order valence-electron chi connectivity index (χ1n) is 14.5. The molecular formula is C36H28F4N2+2. The summed E-state index contributed by atoms with van der Waals surface area (Å²) in [5, 5.41) is 0. The van der Waals surface area contributed by atoms with Gasteiger partial charge in [0.1, 0.15) is 45.5 Å². The van der Waals surface area contributed by atoms with E-state index in [4.69, 9.17) is 0 Å². The molecule has 0 amide bonds. The Bertz CT molecular complexity index is 1940. The molecule has 3 aromatic carbocycles. The lowest BCUT2D eigenvalue weighted by Crippen LogP contribution is -2.71. The highest BCUT2D eigenvalue weighted by Crippen LogP contribution is 2.49. The second kappa shape index (κ2) is 8.84. The number of hydrogen-bond acceptors (Lipinski definition) is 0. The predicted octanol–water partition coefficient (Wildman–Crippen LogP) is 8.02. The van der Waals surface area contributed by atoms with Crippen molar-refractivity contribution in [2.24, 2.45) is 0 Å². The molecule has 42 heavy (non-hydrogen) atoms. The second-order valence-corrected chi connectivity index (χ2v) is 11.9. The molecule has 1 spiro atoms. The number of rotatable bonds is 2. The maximum Gasteiger partial charge on any atom is 0.418 e. The Labute approximate surface area is 241 Å². The molecule has 2 aliphatic heterocycles. The van der Waals surface area contributed by atoms with Crippen LogP contribution in [0.3, 0.4) is 0 Å². The monoisotopic (exact) mass is 564 g/mol. The van der Waals surface area contributed by atoms with Crippen LogP contribution < -0.4 is 9.13 Å². The Morgan fingerprint density at radius 2 is 1.26 bits per heavy atom. The van der Waals surface area contributed by atoms with Crippen LogP contribution in [0.5, 0.6) is 0 Å². The molecule has 0 bridgehead atoms. The number of hydrogen-bond donors (Lipinski definition) is 0. The predicted molar refractivity (Wildman–Crippen MR) is 152 cm³/mol. The molecular weight excluding hydrogens is 536 g/mol. The lowest BCUT2D eigenvalue weighted by Gasteiger charge is -2.19. The fourth-order valence-corrected chi connectivity index (χ4v) is 7.99. The number of nitrogens with zero attached hydrogens (tertiary/aromatic N) is 2. The summed E-state index contributed by atoms with van der Waals surface area (Å²) >= 11 is 0. The Morgan fingerprint density at radius 3 is 1.88 bits per heavy atom. The van der Waals surface area contributed by atoms with Crippen molar-refractivity contribution >= 4 is 0 Å². The maximum absolute atomic E-state index is 15.7. The normalized spacial score (nSPS) is 18.3. The van der Waals surface area contributed by atoms with Crippen molar-refractivity contribution in [1.29, 1.82) is 0 Å². The van der Waals surface area contributed by atoms with Gasteiger partial charge in [-0.15, -0.1) is 9.13 Å². The number of aryl methyl sites for hydroxylation is 2. The fraction of sp³-hybridized carbons (Fsp3) is 0.222. The Kier molecular flexibility index (Phi) is 5.34. The van der Waals surface area contributed by atoms with Crippen LogP contribution in [0.25, 0.3) is 33.6 Å². The summed E-state index contributed by atoms with van der Waals surface area (Å²) in [6.45, 7) is 4.22. The van der Waals surface area contributed by atoms with Crippen molar-refractivity contribution in [3.8, 4) is 33.6 Å². The van der Waals surface area contributed by atoms with Gasteiger partial charge in [0.2, 0.25) is 11.4 Å². The van der Waals surface area contributed by atoms with Gasteiger partial charge >= 0.3 is 5.66 Å². The van der Waals surface area contributed by atoms with Crippen LogP contribution in [0.15, 0.2) is 79.1 Å². The highest BCUT2D eigenvalue weighted by molar-refractivity contribution is 5.76. The summed E-state index contributed by atoms with van der Waals surface area (Å²) in [5.41, 5.74) is 6.17. The molecule has 0 saturated heterocycles. The molecule has 2 aromatic heterocycles. The first-order valence-corrected chi connectivity index (χ1v) is 14.5. The molecule has 0 N–H and O–H groups in total. The van der Waals surface area contributed by atoms with Crippen LogP contribution in [0.4, 0.5) is 17.6 Å². The van der Waals surface area contributed by atoms with E-state index in [0.717, 1.165) is 34.4 Å². The molecule has 1 aliphatic carbocycles. The van der Waals surface area contributed by atoms with Gasteiger partial charge in [-0.3, -0.25) is 0 Å². The maximum atomic E-state index is 15.7. The summed E-state index contributed by atoms with van der Waals surface area (Å²) in [7, 11) is 0. The zero-order valence-electron chi connectivity index (χ0n) is 23.3. The third-order valence-electron chi connectivity index (χ3n) is 9.55. The molecule has 5 aromatic rings. The number of aromatic nitrogens is 2. The minimum atomic E-state index is -1.44. The summed E-state index contributed by atoms with van der Waals surface area (Å²) in [4.78, 5) is 0. The van der Waals surface area contributed by atoms with Crippen molar-refractivity contribution in [2.45, 2.75) is 51.1 Å². The van der Waals surface area contributed by atoms with Crippen LogP contribution in [-0.2, 0) is 5.66 Å². The van der Waals surface area contributed by atoms with E-state index >= 15 is 17.6 Å². The van der Waals surface area contributed by atoms with E-state index in [9.17, 15) is 0 Å². The van der Waals surface area contributed by atoms with Crippen LogP contribution in [0.2, 0.25) is 0 Å². The Balaban J connectivity index is 1.45. The minimum Gasteiger partial charge on any atom is -0.207 e. The summed E-state index contributed by atoms with van der Waals surface area (Å²) < 4.78 is 65.0. The number of fused-ring (bicyclic) bond motifs is 10. The third-order valence-corrected chi connectivity index (χ3v) is 9.55. The van der Waals surface area contributed by atoms with E-state index < -0.39 is 28.9 Å². The molecule has 6 heteroatoms. The van der Waals surface area contributed by atoms with E-state index in [1.807, 2.05) is 22.9 Å². The van der Waals surface area contributed by atoms with Crippen LogP contribution in [-0.4, -0.2) is 0 Å². The minimum absolute atomic E-state index is 0.214. The first-order chi connectivity index (χ1) is 20.3. The molecule has 1 fully saturated rings. The van der Waals surface area contributed by atoms with Crippen molar-refractivity contribution in [2.75, 3.05) is 0 Å². The van der Waals surface area contributed by atoms with Crippen molar-refractivity contribution in [3.63, 3.8) is 0 Å². The van der Waals surface area contributed by atoms with E-state index in [2.05, 4.69) is 26.0 Å². The molecule has 3 aliphatic rings. The Morgan fingerprint density at radius 1 is 0.667 bits per heavy atom. The lowest BCUT2D eigenvalue weighted by atomic mass is 9.88.